The zero-order valence-electron chi connectivity index (χ0n) is 12.7. The normalized spacial score (nSPS) is 27.1. The number of nitrogens with two attached hydrogens (primary N) is 1. The van der Waals surface area contributed by atoms with Gasteiger partial charge in [0.05, 0.1) is 0 Å². The SMILES string of the molecule is Cc1ccc(C(N)C(=O)NC2CCN3CCCCC23)cc1. The number of nitrogens with one attached hydrogen (secondary N) is 1. The van der Waals surface area contributed by atoms with Gasteiger partial charge in [0.15, 0.2) is 0 Å². The average molecular weight is 287 g/mol. The summed E-state index contributed by atoms with van der Waals surface area (Å²) in [5.74, 6) is -0.0451. The highest BCUT2D eigenvalue weighted by molar-refractivity contribution is 5.83. The summed E-state index contributed by atoms with van der Waals surface area (Å²) in [6, 6.07) is 8.12. The van der Waals surface area contributed by atoms with Crippen LogP contribution in [0.25, 0.3) is 0 Å². The van der Waals surface area contributed by atoms with Gasteiger partial charge in [0.25, 0.3) is 0 Å². The molecular formula is C17H25N3O. The molecule has 0 aromatic heterocycles. The minimum atomic E-state index is -0.566. The van der Waals surface area contributed by atoms with Crippen LogP contribution < -0.4 is 11.1 Å². The zero-order chi connectivity index (χ0) is 14.8. The van der Waals surface area contributed by atoms with Crippen molar-refractivity contribution in [2.75, 3.05) is 13.1 Å². The molecule has 2 heterocycles. The number of hydrogen-bond donors (Lipinski definition) is 2. The maximum atomic E-state index is 12.4. The fourth-order valence-electron chi connectivity index (χ4n) is 3.61. The fourth-order valence-corrected chi connectivity index (χ4v) is 3.61. The number of fused-ring (bicyclic) bond motifs is 1. The van der Waals surface area contributed by atoms with Crippen molar-refractivity contribution in [3.05, 3.63) is 35.4 Å². The van der Waals surface area contributed by atoms with E-state index in [0.717, 1.165) is 18.5 Å². The van der Waals surface area contributed by atoms with Gasteiger partial charge < -0.3 is 11.1 Å². The molecule has 0 aliphatic carbocycles. The van der Waals surface area contributed by atoms with Gasteiger partial charge in [0, 0.05) is 18.6 Å². The molecule has 0 saturated carbocycles. The monoisotopic (exact) mass is 287 g/mol. The van der Waals surface area contributed by atoms with Gasteiger partial charge in [-0.2, -0.15) is 0 Å². The number of nitrogens with zero attached hydrogens (tertiary/aromatic N) is 1. The number of carbonyl (C=O) groups is 1. The maximum Gasteiger partial charge on any atom is 0.241 e. The Morgan fingerprint density at radius 3 is 2.76 bits per heavy atom. The molecule has 2 saturated heterocycles. The van der Waals surface area contributed by atoms with Gasteiger partial charge >= 0.3 is 0 Å². The molecule has 1 aromatic rings. The van der Waals surface area contributed by atoms with Crippen LogP contribution in [0.3, 0.4) is 0 Å². The number of hydrogen-bond acceptors (Lipinski definition) is 3. The highest BCUT2D eigenvalue weighted by Gasteiger charge is 2.36. The Bertz CT molecular complexity index is 499. The van der Waals surface area contributed by atoms with Crippen LogP contribution in [0.15, 0.2) is 24.3 Å². The Kier molecular flexibility index (Phi) is 4.27. The van der Waals surface area contributed by atoms with E-state index in [-0.39, 0.29) is 11.9 Å². The molecule has 4 heteroatoms. The number of amides is 1. The second-order valence-corrected chi connectivity index (χ2v) is 6.39. The van der Waals surface area contributed by atoms with E-state index < -0.39 is 6.04 Å². The first kappa shape index (κ1) is 14.5. The Morgan fingerprint density at radius 2 is 2.00 bits per heavy atom. The van der Waals surface area contributed by atoms with Gasteiger partial charge in [-0.25, -0.2) is 0 Å². The Morgan fingerprint density at radius 1 is 1.24 bits per heavy atom. The zero-order valence-corrected chi connectivity index (χ0v) is 12.7. The van der Waals surface area contributed by atoms with Gasteiger partial charge in [-0.15, -0.1) is 0 Å². The quantitative estimate of drug-likeness (QED) is 0.890. The average Bonchev–Trinajstić information content (AvgIpc) is 2.91. The van der Waals surface area contributed by atoms with E-state index in [9.17, 15) is 4.79 Å². The van der Waals surface area contributed by atoms with E-state index in [1.165, 1.54) is 31.4 Å². The second-order valence-electron chi connectivity index (χ2n) is 6.39. The Balaban J connectivity index is 1.62. The van der Waals surface area contributed by atoms with E-state index in [4.69, 9.17) is 5.73 Å². The van der Waals surface area contributed by atoms with Crippen molar-refractivity contribution in [1.29, 1.82) is 0 Å². The van der Waals surface area contributed by atoms with Gasteiger partial charge in [0.2, 0.25) is 5.91 Å². The summed E-state index contributed by atoms with van der Waals surface area (Å²) in [4.78, 5) is 14.9. The lowest BCUT2D eigenvalue weighted by Gasteiger charge is -2.32. The predicted octanol–water partition coefficient (Wildman–Crippen LogP) is 1.74. The van der Waals surface area contributed by atoms with E-state index in [2.05, 4.69) is 10.2 Å². The Labute approximate surface area is 126 Å². The van der Waals surface area contributed by atoms with Gasteiger partial charge in [-0.05, 0) is 38.3 Å². The molecule has 0 radical (unpaired) electrons. The van der Waals surface area contributed by atoms with Crippen molar-refractivity contribution in [2.24, 2.45) is 5.73 Å². The number of piperidine rings is 1. The number of aryl methyl sites for hydroxylation is 1. The van der Waals surface area contributed by atoms with E-state index in [0.29, 0.717) is 6.04 Å². The molecule has 1 aromatic carbocycles. The number of carbonyl (C=O) groups excluding carboxylic acids is 1. The van der Waals surface area contributed by atoms with Crippen LogP contribution in [0, 0.1) is 6.92 Å². The standard InChI is InChI=1S/C17H25N3O/c1-12-5-7-13(8-6-12)16(18)17(21)19-14-9-11-20-10-3-2-4-15(14)20/h5-8,14-16H,2-4,9-11,18H2,1H3,(H,19,21). The largest absolute Gasteiger partial charge is 0.350 e. The van der Waals surface area contributed by atoms with Crippen LogP contribution in [0.5, 0.6) is 0 Å². The van der Waals surface area contributed by atoms with Crippen molar-refractivity contribution in [3.8, 4) is 0 Å². The molecule has 2 aliphatic heterocycles. The molecular weight excluding hydrogens is 262 g/mol. The van der Waals surface area contributed by atoms with Crippen LogP contribution in [-0.2, 0) is 4.79 Å². The lowest BCUT2D eigenvalue weighted by molar-refractivity contribution is -0.123. The maximum absolute atomic E-state index is 12.4. The summed E-state index contributed by atoms with van der Waals surface area (Å²) >= 11 is 0. The summed E-state index contributed by atoms with van der Waals surface area (Å²) < 4.78 is 0. The highest BCUT2D eigenvalue weighted by Crippen LogP contribution is 2.27. The molecule has 0 bridgehead atoms. The van der Waals surface area contributed by atoms with Gasteiger partial charge in [-0.1, -0.05) is 36.2 Å². The highest BCUT2D eigenvalue weighted by atomic mass is 16.2. The van der Waals surface area contributed by atoms with Crippen LogP contribution >= 0.6 is 0 Å². The number of benzene rings is 1. The van der Waals surface area contributed by atoms with E-state index in [1.807, 2.05) is 31.2 Å². The lowest BCUT2D eigenvalue weighted by atomic mass is 9.98. The summed E-state index contributed by atoms with van der Waals surface area (Å²) in [6.07, 6.45) is 4.82. The third kappa shape index (κ3) is 3.11. The van der Waals surface area contributed by atoms with E-state index in [1.54, 1.807) is 0 Å². The van der Waals surface area contributed by atoms with Crippen LogP contribution in [0.4, 0.5) is 0 Å². The van der Waals surface area contributed by atoms with Crippen molar-refractivity contribution >= 4 is 5.91 Å². The van der Waals surface area contributed by atoms with Crippen LogP contribution in [-0.4, -0.2) is 36.0 Å². The topological polar surface area (TPSA) is 58.4 Å². The first-order chi connectivity index (χ1) is 10.1. The van der Waals surface area contributed by atoms with Crippen molar-refractivity contribution in [2.45, 2.75) is 50.7 Å². The van der Waals surface area contributed by atoms with Crippen molar-refractivity contribution in [3.63, 3.8) is 0 Å². The molecule has 3 N–H and O–H groups in total. The summed E-state index contributed by atoms with van der Waals surface area (Å²) in [7, 11) is 0. The molecule has 1 amide bonds. The Hall–Kier alpha value is -1.39. The molecule has 2 aliphatic rings. The van der Waals surface area contributed by atoms with Crippen LogP contribution in [0.2, 0.25) is 0 Å². The third-order valence-electron chi connectivity index (χ3n) is 4.90. The molecule has 114 valence electrons. The second kappa shape index (κ2) is 6.16. The summed E-state index contributed by atoms with van der Waals surface area (Å²) in [5.41, 5.74) is 8.18. The fraction of sp³-hybridized carbons (Fsp3) is 0.588. The van der Waals surface area contributed by atoms with Gasteiger partial charge in [0.1, 0.15) is 6.04 Å². The molecule has 3 unspecified atom stereocenters. The third-order valence-corrected chi connectivity index (χ3v) is 4.90. The first-order valence-electron chi connectivity index (χ1n) is 8.02. The first-order valence-corrected chi connectivity index (χ1v) is 8.02. The summed E-state index contributed by atoms with van der Waals surface area (Å²) in [5, 5.41) is 3.19. The molecule has 21 heavy (non-hydrogen) atoms. The van der Waals surface area contributed by atoms with Crippen LogP contribution in [0.1, 0.15) is 42.9 Å². The molecule has 0 spiro atoms. The number of rotatable bonds is 3. The van der Waals surface area contributed by atoms with Crippen molar-refractivity contribution in [1.82, 2.24) is 10.2 Å². The van der Waals surface area contributed by atoms with Crippen molar-refractivity contribution < 1.29 is 4.79 Å². The molecule has 3 rings (SSSR count). The minimum Gasteiger partial charge on any atom is -0.350 e. The lowest BCUT2D eigenvalue weighted by Crippen LogP contribution is -2.48. The van der Waals surface area contributed by atoms with Gasteiger partial charge in [-0.3, -0.25) is 9.69 Å². The predicted molar refractivity (Wildman–Crippen MR) is 83.9 cm³/mol. The minimum absolute atomic E-state index is 0.0451. The molecule has 4 nitrogen and oxygen atoms in total. The summed E-state index contributed by atoms with van der Waals surface area (Å²) in [6.45, 7) is 4.32. The smallest absolute Gasteiger partial charge is 0.241 e. The van der Waals surface area contributed by atoms with E-state index >= 15 is 0 Å². The molecule has 3 atom stereocenters. The molecule has 2 fully saturated rings.